The SMILES string of the molecule is O=C1c2ccccc2C(=O)N1CCCCN1CCCNC1. The van der Waals surface area contributed by atoms with Gasteiger partial charge < -0.3 is 5.32 Å². The second kappa shape index (κ2) is 6.37. The first-order valence-corrected chi connectivity index (χ1v) is 7.65. The third-order valence-electron chi connectivity index (χ3n) is 4.15. The molecule has 1 aromatic rings. The average Bonchev–Trinajstić information content (AvgIpc) is 2.77. The summed E-state index contributed by atoms with van der Waals surface area (Å²) in [6, 6.07) is 7.07. The molecular formula is C16H21N3O2. The number of hydrogen-bond donors (Lipinski definition) is 1. The van der Waals surface area contributed by atoms with Gasteiger partial charge >= 0.3 is 0 Å². The summed E-state index contributed by atoms with van der Waals surface area (Å²) < 4.78 is 0. The maximum Gasteiger partial charge on any atom is 0.261 e. The fraction of sp³-hybridized carbons (Fsp3) is 0.500. The number of benzene rings is 1. The van der Waals surface area contributed by atoms with Crippen molar-refractivity contribution in [1.82, 2.24) is 15.1 Å². The average molecular weight is 287 g/mol. The third-order valence-corrected chi connectivity index (χ3v) is 4.15. The monoisotopic (exact) mass is 287 g/mol. The van der Waals surface area contributed by atoms with Crippen LogP contribution in [0.15, 0.2) is 24.3 Å². The van der Waals surface area contributed by atoms with Gasteiger partial charge in [-0.1, -0.05) is 12.1 Å². The van der Waals surface area contributed by atoms with Crippen LogP contribution in [0.25, 0.3) is 0 Å². The molecule has 2 aliphatic rings. The largest absolute Gasteiger partial charge is 0.304 e. The molecule has 21 heavy (non-hydrogen) atoms. The summed E-state index contributed by atoms with van der Waals surface area (Å²) in [7, 11) is 0. The van der Waals surface area contributed by atoms with Gasteiger partial charge in [-0.05, 0) is 44.5 Å². The zero-order valence-corrected chi connectivity index (χ0v) is 12.2. The Morgan fingerprint density at radius 3 is 2.29 bits per heavy atom. The number of rotatable bonds is 5. The van der Waals surface area contributed by atoms with Gasteiger partial charge in [-0.2, -0.15) is 0 Å². The summed E-state index contributed by atoms with van der Waals surface area (Å²) in [6.07, 6.45) is 3.06. The van der Waals surface area contributed by atoms with Gasteiger partial charge in [0.05, 0.1) is 11.1 Å². The van der Waals surface area contributed by atoms with E-state index in [9.17, 15) is 9.59 Å². The second-order valence-corrected chi connectivity index (χ2v) is 5.64. The molecule has 0 aromatic heterocycles. The van der Waals surface area contributed by atoms with Crippen LogP contribution in [-0.4, -0.2) is 54.5 Å². The van der Waals surface area contributed by atoms with Gasteiger partial charge in [0.2, 0.25) is 0 Å². The molecule has 1 N–H and O–H groups in total. The molecule has 0 bridgehead atoms. The molecule has 1 saturated heterocycles. The summed E-state index contributed by atoms with van der Waals surface area (Å²) in [6.45, 7) is 4.74. The third kappa shape index (κ3) is 2.99. The lowest BCUT2D eigenvalue weighted by Gasteiger charge is -2.27. The maximum atomic E-state index is 12.2. The van der Waals surface area contributed by atoms with Crippen molar-refractivity contribution in [1.29, 1.82) is 0 Å². The quantitative estimate of drug-likeness (QED) is 0.655. The molecule has 2 amide bonds. The van der Waals surface area contributed by atoms with Crippen molar-refractivity contribution in [3.05, 3.63) is 35.4 Å². The number of nitrogens with one attached hydrogen (secondary N) is 1. The molecule has 2 heterocycles. The minimum atomic E-state index is -0.143. The van der Waals surface area contributed by atoms with Crippen LogP contribution < -0.4 is 5.32 Å². The Hall–Kier alpha value is -1.72. The maximum absolute atomic E-state index is 12.2. The van der Waals surface area contributed by atoms with Gasteiger partial charge in [0, 0.05) is 19.8 Å². The van der Waals surface area contributed by atoms with Crippen LogP contribution in [0.5, 0.6) is 0 Å². The molecule has 2 aliphatic heterocycles. The summed E-state index contributed by atoms with van der Waals surface area (Å²) >= 11 is 0. The molecule has 5 heteroatoms. The molecular weight excluding hydrogens is 266 g/mol. The molecule has 0 atom stereocenters. The van der Waals surface area contributed by atoms with Gasteiger partial charge in [-0.15, -0.1) is 0 Å². The molecule has 0 radical (unpaired) electrons. The van der Waals surface area contributed by atoms with E-state index in [0.29, 0.717) is 17.7 Å². The first kappa shape index (κ1) is 14.2. The van der Waals surface area contributed by atoms with Crippen LogP contribution in [0.4, 0.5) is 0 Å². The molecule has 0 aliphatic carbocycles. The van der Waals surface area contributed by atoms with Crippen molar-refractivity contribution in [3.63, 3.8) is 0 Å². The Morgan fingerprint density at radius 1 is 1.00 bits per heavy atom. The van der Waals surface area contributed by atoms with Gasteiger partial charge in [-0.3, -0.25) is 19.4 Å². The Bertz CT molecular complexity index is 503. The van der Waals surface area contributed by atoms with Crippen molar-refractivity contribution in [2.24, 2.45) is 0 Å². The van der Waals surface area contributed by atoms with Crippen molar-refractivity contribution < 1.29 is 9.59 Å². The highest BCUT2D eigenvalue weighted by molar-refractivity contribution is 6.21. The van der Waals surface area contributed by atoms with Gasteiger partial charge in [0.1, 0.15) is 0 Å². The van der Waals surface area contributed by atoms with E-state index in [0.717, 1.165) is 39.1 Å². The minimum absolute atomic E-state index is 0.143. The van der Waals surface area contributed by atoms with Crippen LogP contribution in [-0.2, 0) is 0 Å². The number of nitrogens with zero attached hydrogens (tertiary/aromatic N) is 2. The molecule has 0 saturated carbocycles. The van der Waals surface area contributed by atoms with Crippen LogP contribution in [0.1, 0.15) is 40.0 Å². The van der Waals surface area contributed by atoms with E-state index in [4.69, 9.17) is 0 Å². The molecule has 0 spiro atoms. The smallest absolute Gasteiger partial charge is 0.261 e. The standard InChI is InChI=1S/C16H21N3O2/c20-15-13-6-1-2-7-14(13)16(21)19(15)11-4-3-9-18-10-5-8-17-12-18/h1-2,6-7,17H,3-5,8-12H2. The number of unbranched alkanes of at least 4 members (excludes halogenated alkanes) is 1. The van der Waals surface area contributed by atoms with E-state index >= 15 is 0 Å². The van der Waals surface area contributed by atoms with Crippen LogP contribution >= 0.6 is 0 Å². The van der Waals surface area contributed by atoms with E-state index < -0.39 is 0 Å². The summed E-state index contributed by atoms with van der Waals surface area (Å²) in [5, 5.41) is 3.35. The Kier molecular flexibility index (Phi) is 4.31. The lowest BCUT2D eigenvalue weighted by molar-refractivity contribution is 0.0650. The molecule has 5 nitrogen and oxygen atoms in total. The number of fused-ring (bicyclic) bond motifs is 1. The second-order valence-electron chi connectivity index (χ2n) is 5.64. The highest BCUT2D eigenvalue weighted by Gasteiger charge is 2.34. The van der Waals surface area contributed by atoms with Gasteiger partial charge in [0.25, 0.3) is 11.8 Å². The van der Waals surface area contributed by atoms with Crippen LogP contribution in [0.3, 0.4) is 0 Å². The molecule has 112 valence electrons. The first-order valence-electron chi connectivity index (χ1n) is 7.65. The van der Waals surface area contributed by atoms with Crippen molar-refractivity contribution in [2.75, 3.05) is 32.8 Å². The summed E-state index contributed by atoms with van der Waals surface area (Å²) in [5.41, 5.74) is 1.09. The number of hydrogen-bond acceptors (Lipinski definition) is 4. The predicted octanol–water partition coefficient (Wildman–Crippen LogP) is 1.32. The normalized spacial score (nSPS) is 19.1. The zero-order chi connectivity index (χ0) is 14.7. The number of amides is 2. The summed E-state index contributed by atoms with van der Waals surface area (Å²) in [5.74, 6) is -0.287. The fourth-order valence-corrected chi connectivity index (χ4v) is 2.98. The van der Waals surface area contributed by atoms with E-state index in [1.165, 1.54) is 11.3 Å². The Morgan fingerprint density at radius 2 is 1.67 bits per heavy atom. The topological polar surface area (TPSA) is 52.7 Å². The van der Waals surface area contributed by atoms with E-state index in [2.05, 4.69) is 10.2 Å². The lowest BCUT2D eigenvalue weighted by Crippen LogP contribution is -2.42. The van der Waals surface area contributed by atoms with Gasteiger partial charge in [-0.25, -0.2) is 0 Å². The van der Waals surface area contributed by atoms with E-state index in [-0.39, 0.29) is 11.8 Å². The highest BCUT2D eigenvalue weighted by atomic mass is 16.2. The number of imide groups is 1. The van der Waals surface area contributed by atoms with E-state index in [1.807, 2.05) is 0 Å². The van der Waals surface area contributed by atoms with Crippen molar-refractivity contribution in [3.8, 4) is 0 Å². The van der Waals surface area contributed by atoms with Gasteiger partial charge in [0.15, 0.2) is 0 Å². The first-order chi connectivity index (χ1) is 10.3. The fourth-order valence-electron chi connectivity index (χ4n) is 2.98. The molecule has 1 fully saturated rings. The Balaban J connectivity index is 1.48. The highest BCUT2D eigenvalue weighted by Crippen LogP contribution is 2.22. The summed E-state index contributed by atoms with van der Waals surface area (Å²) in [4.78, 5) is 28.1. The van der Waals surface area contributed by atoms with Crippen molar-refractivity contribution >= 4 is 11.8 Å². The van der Waals surface area contributed by atoms with Crippen molar-refractivity contribution in [2.45, 2.75) is 19.3 Å². The minimum Gasteiger partial charge on any atom is -0.304 e. The lowest BCUT2D eigenvalue weighted by atomic mass is 10.1. The van der Waals surface area contributed by atoms with E-state index in [1.54, 1.807) is 24.3 Å². The Labute approximate surface area is 124 Å². The van der Waals surface area contributed by atoms with Crippen LogP contribution in [0, 0.1) is 0 Å². The molecule has 1 aromatic carbocycles. The number of carbonyl (C=O) groups excluding carboxylic acids is 2. The molecule has 3 rings (SSSR count). The number of carbonyl (C=O) groups is 2. The predicted molar refractivity (Wildman–Crippen MR) is 80.1 cm³/mol. The zero-order valence-electron chi connectivity index (χ0n) is 12.2. The van der Waals surface area contributed by atoms with Crippen LogP contribution in [0.2, 0.25) is 0 Å². The molecule has 0 unspecified atom stereocenters.